The molecule has 1 amide bonds. The lowest BCUT2D eigenvalue weighted by Gasteiger charge is -2.13. The fourth-order valence-electron chi connectivity index (χ4n) is 2.39. The van der Waals surface area contributed by atoms with Gasteiger partial charge in [-0.15, -0.1) is 0 Å². The Bertz CT molecular complexity index is 941. The third kappa shape index (κ3) is 4.58. The maximum atomic E-state index is 12.5. The lowest BCUT2D eigenvalue weighted by Crippen LogP contribution is -2.29. The number of aliphatic carboxylic acids is 1. The second kappa shape index (κ2) is 8.71. The van der Waals surface area contributed by atoms with Gasteiger partial charge in [0, 0.05) is 19.0 Å². The lowest BCUT2D eigenvalue weighted by molar-refractivity contribution is -0.385. The first-order valence-corrected chi connectivity index (χ1v) is 8.88. The number of carboxylic acid groups (broad SMARTS) is 2. The summed E-state index contributed by atoms with van der Waals surface area (Å²) in [5.74, 6) is -4.13. The summed E-state index contributed by atoms with van der Waals surface area (Å²) >= 11 is 5.85. The molecular formula is C16H12N2O8S2. The number of rotatable bonds is 8. The van der Waals surface area contributed by atoms with Crippen LogP contribution in [-0.2, 0) is 9.59 Å². The zero-order chi connectivity index (χ0) is 21.0. The van der Waals surface area contributed by atoms with Crippen molar-refractivity contribution in [2.45, 2.75) is 12.8 Å². The zero-order valence-corrected chi connectivity index (χ0v) is 15.6. The van der Waals surface area contributed by atoms with Crippen LogP contribution in [0, 0.1) is 10.1 Å². The molecule has 10 nitrogen and oxygen atoms in total. The number of carbonyl (C=O) groups excluding carboxylic acids is 2. The van der Waals surface area contributed by atoms with Gasteiger partial charge in [-0.1, -0.05) is 30.0 Å². The average Bonchev–Trinajstić information content (AvgIpc) is 2.87. The van der Waals surface area contributed by atoms with E-state index in [1.54, 1.807) is 0 Å². The van der Waals surface area contributed by atoms with Crippen LogP contribution < -0.4 is 0 Å². The molecule has 1 aliphatic heterocycles. The number of ketones is 1. The highest BCUT2D eigenvalue weighted by Crippen LogP contribution is 2.32. The van der Waals surface area contributed by atoms with E-state index in [1.165, 1.54) is 6.07 Å². The Labute approximate surface area is 167 Å². The summed E-state index contributed by atoms with van der Waals surface area (Å²) in [6.07, 6.45) is 0.864. The highest BCUT2D eigenvalue weighted by Gasteiger charge is 2.34. The fourth-order valence-corrected chi connectivity index (χ4v) is 3.67. The summed E-state index contributed by atoms with van der Waals surface area (Å²) in [7, 11) is 0. The molecule has 1 aliphatic rings. The highest BCUT2D eigenvalue weighted by atomic mass is 32.2. The van der Waals surface area contributed by atoms with E-state index in [2.05, 4.69) is 0 Å². The van der Waals surface area contributed by atoms with Crippen molar-refractivity contribution in [3.8, 4) is 0 Å². The van der Waals surface area contributed by atoms with Gasteiger partial charge < -0.3 is 10.2 Å². The minimum Gasteiger partial charge on any atom is -0.481 e. The number of thioether (sulfide) groups is 1. The molecule has 1 aromatic rings. The van der Waals surface area contributed by atoms with Gasteiger partial charge in [0.1, 0.15) is 15.4 Å². The molecule has 0 aliphatic carbocycles. The van der Waals surface area contributed by atoms with Crippen LogP contribution in [0.15, 0.2) is 29.2 Å². The number of nitrogens with zero attached hydrogens (tertiary/aromatic N) is 2. The van der Waals surface area contributed by atoms with E-state index in [9.17, 15) is 29.3 Å². The lowest BCUT2D eigenvalue weighted by atomic mass is 10.0. The molecule has 0 unspecified atom stereocenters. The molecule has 0 radical (unpaired) electrons. The Morgan fingerprint density at radius 3 is 2.46 bits per heavy atom. The van der Waals surface area contributed by atoms with Crippen LogP contribution in [0.2, 0.25) is 0 Å². The number of allylic oxidation sites excluding steroid dienone is 1. The first-order chi connectivity index (χ1) is 13.1. The third-order valence-corrected chi connectivity index (χ3v) is 5.00. The highest BCUT2D eigenvalue weighted by molar-refractivity contribution is 8.26. The van der Waals surface area contributed by atoms with Gasteiger partial charge in [0.15, 0.2) is 5.78 Å². The summed E-state index contributed by atoms with van der Waals surface area (Å²) in [4.78, 5) is 57.9. The molecule has 1 heterocycles. The largest absolute Gasteiger partial charge is 0.481 e. The van der Waals surface area contributed by atoms with Crippen LogP contribution in [0.4, 0.5) is 5.69 Å². The van der Waals surface area contributed by atoms with Crippen LogP contribution in [0.25, 0.3) is 0 Å². The standard InChI is InChI=1S/C16H12N2O8S2/c19-10(8-3-1-4-9(15(23)24)13(8)18(25)26)7-11-14(22)17(16(27)28-11)6-2-5-12(20)21/h1,3-4,7H,2,5-6H2,(H,20,21)(H,23,24). The van der Waals surface area contributed by atoms with Crippen molar-refractivity contribution < 1.29 is 34.3 Å². The molecule has 1 fully saturated rings. The number of hydrogen-bond acceptors (Lipinski definition) is 8. The molecule has 12 heteroatoms. The van der Waals surface area contributed by atoms with Crippen molar-refractivity contribution >= 4 is 57.6 Å². The Balaban J connectivity index is 2.30. The monoisotopic (exact) mass is 424 g/mol. The van der Waals surface area contributed by atoms with Crippen molar-refractivity contribution in [1.82, 2.24) is 4.90 Å². The first kappa shape index (κ1) is 21.2. The predicted molar refractivity (Wildman–Crippen MR) is 101 cm³/mol. The molecule has 1 saturated heterocycles. The van der Waals surface area contributed by atoms with Crippen molar-refractivity contribution in [2.24, 2.45) is 0 Å². The minimum atomic E-state index is -1.56. The van der Waals surface area contributed by atoms with Gasteiger partial charge in [-0.25, -0.2) is 4.79 Å². The smallest absolute Gasteiger partial charge is 0.342 e. The number of aromatic carboxylic acids is 1. The number of amides is 1. The van der Waals surface area contributed by atoms with E-state index in [-0.39, 0.29) is 28.6 Å². The van der Waals surface area contributed by atoms with E-state index in [4.69, 9.17) is 22.4 Å². The van der Waals surface area contributed by atoms with Gasteiger partial charge >= 0.3 is 11.9 Å². The molecule has 2 N–H and O–H groups in total. The maximum Gasteiger partial charge on any atom is 0.342 e. The third-order valence-electron chi connectivity index (χ3n) is 3.62. The molecule has 0 bridgehead atoms. The van der Waals surface area contributed by atoms with Crippen LogP contribution in [0.1, 0.15) is 33.6 Å². The quantitative estimate of drug-likeness (QED) is 0.208. The number of benzene rings is 1. The number of carbonyl (C=O) groups is 4. The maximum absolute atomic E-state index is 12.5. The normalized spacial score (nSPS) is 15.1. The van der Waals surface area contributed by atoms with E-state index in [1.807, 2.05) is 0 Å². The predicted octanol–water partition coefficient (Wildman–Crippen LogP) is 2.08. The van der Waals surface area contributed by atoms with Gasteiger partial charge in [0.25, 0.3) is 11.6 Å². The second-order valence-corrected chi connectivity index (χ2v) is 7.13. The molecule has 2 rings (SSSR count). The molecule has 1 aromatic carbocycles. The molecule has 0 atom stereocenters. The SMILES string of the molecule is O=C(O)CCCN1C(=O)C(=CC(=O)c2cccc(C(=O)O)c2[N+](=O)[O-])SC1=S. The Hall–Kier alpha value is -3.12. The van der Waals surface area contributed by atoms with Gasteiger partial charge in [-0.3, -0.25) is 29.4 Å². The van der Waals surface area contributed by atoms with E-state index >= 15 is 0 Å². The minimum absolute atomic E-state index is 0.0527. The van der Waals surface area contributed by atoms with Gasteiger partial charge in [0.05, 0.1) is 9.83 Å². The average molecular weight is 424 g/mol. The number of nitro benzene ring substituents is 1. The second-order valence-electron chi connectivity index (χ2n) is 5.46. The molecule has 0 aromatic heterocycles. The summed E-state index contributed by atoms with van der Waals surface area (Å²) in [5, 5.41) is 29.0. The van der Waals surface area contributed by atoms with Crippen molar-refractivity contribution in [2.75, 3.05) is 6.54 Å². The van der Waals surface area contributed by atoms with Gasteiger partial charge in [-0.2, -0.15) is 0 Å². The molecule has 0 saturated carbocycles. The van der Waals surface area contributed by atoms with Crippen LogP contribution in [0.3, 0.4) is 0 Å². The van der Waals surface area contributed by atoms with E-state index < -0.39 is 45.4 Å². The molecule has 28 heavy (non-hydrogen) atoms. The fraction of sp³-hybridized carbons (Fsp3) is 0.188. The summed E-state index contributed by atoms with van der Waals surface area (Å²) in [6, 6.07) is 3.28. The summed E-state index contributed by atoms with van der Waals surface area (Å²) in [6.45, 7) is 0.0527. The van der Waals surface area contributed by atoms with Crippen molar-refractivity contribution in [3.63, 3.8) is 0 Å². The zero-order valence-electron chi connectivity index (χ0n) is 14.0. The Morgan fingerprint density at radius 2 is 1.89 bits per heavy atom. The number of hydrogen-bond donors (Lipinski definition) is 2. The van der Waals surface area contributed by atoms with Gasteiger partial charge in [0.2, 0.25) is 0 Å². The van der Waals surface area contributed by atoms with Gasteiger partial charge in [-0.05, 0) is 18.6 Å². The Morgan fingerprint density at radius 1 is 1.25 bits per heavy atom. The first-order valence-electron chi connectivity index (χ1n) is 7.65. The van der Waals surface area contributed by atoms with Crippen LogP contribution >= 0.6 is 24.0 Å². The number of carboxylic acids is 2. The molecule has 146 valence electrons. The Kier molecular flexibility index (Phi) is 6.59. The van der Waals surface area contributed by atoms with Crippen molar-refractivity contribution in [3.05, 3.63) is 50.4 Å². The summed E-state index contributed by atoms with van der Waals surface area (Å²) < 4.78 is 0.128. The molecular weight excluding hydrogens is 412 g/mol. The molecule has 0 spiro atoms. The van der Waals surface area contributed by atoms with E-state index in [0.717, 1.165) is 34.9 Å². The number of nitro groups is 1. The topological polar surface area (TPSA) is 155 Å². The number of thiocarbonyl (C=S) groups is 1. The van der Waals surface area contributed by atoms with E-state index in [0.29, 0.717) is 0 Å². The summed E-state index contributed by atoms with van der Waals surface area (Å²) in [5.41, 5.74) is -1.99. The van der Waals surface area contributed by atoms with Crippen molar-refractivity contribution in [1.29, 1.82) is 0 Å². The van der Waals surface area contributed by atoms with Crippen LogP contribution in [-0.4, -0.2) is 54.5 Å². The van der Waals surface area contributed by atoms with Crippen LogP contribution in [0.5, 0.6) is 0 Å². The number of para-hydroxylation sites is 1.